The molecule has 1 atom stereocenters. The lowest BCUT2D eigenvalue weighted by molar-refractivity contribution is -0.140. The van der Waals surface area contributed by atoms with Crippen molar-refractivity contribution < 1.29 is 14.3 Å². The van der Waals surface area contributed by atoms with Gasteiger partial charge in [-0.15, -0.1) is 0 Å². The minimum Gasteiger partial charge on any atom is -0.481 e. The predicted octanol–water partition coefficient (Wildman–Crippen LogP) is 3.40. The summed E-state index contributed by atoms with van der Waals surface area (Å²) in [5.74, 6) is 1.47. The summed E-state index contributed by atoms with van der Waals surface area (Å²) >= 11 is 0. The molecule has 4 heteroatoms. The fourth-order valence-corrected chi connectivity index (χ4v) is 3.07. The van der Waals surface area contributed by atoms with Crippen molar-refractivity contribution in [2.24, 2.45) is 5.92 Å². The summed E-state index contributed by atoms with van der Waals surface area (Å²) < 4.78 is 5.94. The van der Waals surface area contributed by atoms with Crippen molar-refractivity contribution in [1.82, 2.24) is 4.90 Å². The van der Waals surface area contributed by atoms with Gasteiger partial charge in [0.25, 0.3) is 5.91 Å². The molecule has 126 valence electrons. The predicted molar refractivity (Wildman–Crippen MR) is 90.6 cm³/mol. The average molecular weight is 317 g/mol. The second-order valence-corrected chi connectivity index (χ2v) is 6.66. The third kappa shape index (κ3) is 4.34. The summed E-state index contributed by atoms with van der Waals surface area (Å²) in [5.41, 5.74) is 1.11. The van der Waals surface area contributed by atoms with E-state index in [2.05, 4.69) is 13.8 Å². The first-order valence-corrected chi connectivity index (χ1v) is 8.45. The Kier molecular flexibility index (Phi) is 5.80. The molecular weight excluding hydrogens is 290 g/mol. The van der Waals surface area contributed by atoms with Crippen molar-refractivity contribution in [2.45, 2.75) is 52.6 Å². The van der Waals surface area contributed by atoms with Crippen LogP contribution in [0.2, 0.25) is 0 Å². The van der Waals surface area contributed by atoms with Gasteiger partial charge in [-0.2, -0.15) is 0 Å². The molecule has 1 aliphatic rings. The number of benzene rings is 1. The topological polar surface area (TPSA) is 46.6 Å². The molecule has 0 saturated carbocycles. The van der Waals surface area contributed by atoms with Gasteiger partial charge in [-0.1, -0.05) is 32.0 Å². The number of hydrogen-bond acceptors (Lipinski definition) is 3. The monoisotopic (exact) mass is 317 g/mol. The van der Waals surface area contributed by atoms with E-state index in [1.165, 1.54) is 0 Å². The maximum absolute atomic E-state index is 12.6. The molecule has 1 saturated heterocycles. The fraction of sp³-hybridized carbons (Fsp3) is 0.579. The van der Waals surface area contributed by atoms with Crippen molar-refractivity contribution in [1.29, 1.82) is 0 Å². The molecule has 0 bridgehead atoms. The highest BCUT2D eigenvalue weighted by molar-refractivity contribution is 5.82. The second kappa shape index (κ2) is 7.62. The molecule has 0 radical (unpaired) electrons. The molecule has 0 spiro atoms. The van der Waals surface area contributed by atoms with E-state index in [9.17, 15) is 9.59 Å². The van der Waals surface area contributed by atoms with Crippen LogP contribution >= 0.6 is 0 Å². The molecule has 1 amide bonds. The standard InChI is InChI=1S/C19H27NO3/c1-13(2)17-7-5-6-8-18(17)23-15(4)19(22)20-11-9-16(10-12-20)14(3)21/h5-8,13,15-16H,9-12H2,1-4H3. The number of piperidine rings is 1. The molecule has 1 unspecified atom stereocenters. The van der Waals surface area contributed by atoms with Gasteiger partial charge in [0.2, 0.25) is 0 Å². The molecule has 2 rings (SSSR count). The maximum Gasteiger partial charge on any atom is 0.263 e. The fourth-order valence-electron chi connectivity index (χ4n) is 3.07. The second-order valence-electron chi connectivity index (χ2n) is 6.66. The minimum absolute atomic E-state index is 0.00515. The first kappa shape index (κ1) is 17.5. The SMILES string of the molecule is CC(=O)C1CCN(C(=O)C(C)Oc2ccccc2C(C)C)CC1. The lowest BCUT2D eigenvalue weighted by Gasteiger charge is -2.32. The van der Waals surface area contributed by atoms with Crippen molar-refractivity contribution >= 4 is 11.7 Å². The molecular formula is C19H27NO3. The van der Waals surface area contributed by atoms with Crippen LogP contribution in [0.1, 0.15) is 52.0 Å². The lowest BCUT2D eigenvalue weighted by atomic mass is 9.93. The summed E-state index contributed by atoms with van der Waals surface area (Å²) in [6.07, 6.45) is 1.01. The summed E-state index contributed by atoms with van der Waals surface area (Å²) in [4.78, 5) is 25.8. The number of hydrogen-bond donors (Lipinski definition) is 0. The summed E-state index contributed by atoms with van der Waals surface area (Å²) in [6.45, 7) is 8.95. The number of ether oxygens (including phenoxy) is 1. The van der Waals surface area contributed by atoms with Gasteiger partial charge in [-0.05, 0) is 44.2 Å². The van der Waals surface area contributed by atoms with E-state index in [1.54, 1.807) is 13.8 Å². The Morgan fingerprint density at radius 1 is 1.13 bits per heavy atom. The first-order valence-electron chi connectivity index (χ1n) is 8.45. The number of likely N-dealkylation sites (tertiary alicyclic amines) is 1. The van der Waals surface area contributed by atoms with Crippen molar-refractivity contribution in [2.75, 3.05) is 13.1 Å². The number of rotatable bonds is 5. The first-order chi connectivity index (χ1) is 10.9. The minimum atomic E-state index is -0.510. The molecule has 1 aliphatic heterocycles. The number of carbonyl (C=O) groups is 2. The van der Waals surface area contributed by atoms with E-state index >= 15 is 0 Å². The number of para-hydroxylation sites is 1. The Hall–Kier alpha value is -1.84. The van der Waals surface area contributed by atoms with Crippen LogP contribution in [0.15, 0.2) is 24.3 Å². The van der Waals surface area contributed by atoms with E-state index in [0.29, 0.717) is 19.0 Å². The Bertz CT molecular complexity index is 559. The summed E-state index contributed by atoms with van der Waals surface area (Å²) in [6, 6.07) is 7.87. The molecule has 0 aromatic heterocycles. The van der Waals surface area contributed by atoms with Crippen LogP contribution in [-0.2, 0) is 9.59 Å². The zero-order valence-corrected chi connectivity index (χ0v) is 14.5. The lowest BCUT2D eigenvalue weighted by Crippen LogP contribution is -2.45. The molecule has 1 heterocycles. The van der Waals surface area contributed by atoms with Crippen LogP contribution in [0.4, 0.5) is 0 Å². The molecule has 1 aromatic carbocycles. The smallest absolute Gasteiger partial charge is 0.263 e. The Morgan fingerprint density at radius 2 is 1.74 bits per heavy atom. The van der Waals surface area contributed by atoms with Gasteiger partial charge in [0, 0.05) is 19.0 Å². The number of nitrogens with zero attached hydrogens (tertiary/aromatic N) is 1. The van der Waals surface area contributed by atoms with Gasteiger partial charge >= 0.3 is 0 Å². The average Bonchev–Trinajstić information content (AvgIpc) is 2.54. The molecule has 0 N–H and O–H groups in total. The highest BCUT2D eigenvalue weighted by Gasteiger charge is 2.28. The van der Waals surface area contributed by atoms with E-state index in [4.69, 9.17) is 4.74 Å². The number of Topliss-reactive ketones (excluding diaryl/α,β-unsaturated/α-hetero) is 1. The third-order valence-corrected chi connectivity index (χ3v) is 4.57. The third-order valence-electron chi connectivity index (χ3n) is 4.57. The molecule has 4 nitrogen and oxygen atoms in total. The molecule has 1 fully saturated rings. The molecule has 1 aromatic rings. The zero-order chi connectivity index (χ0) is 17.0. The summed E-state index contributed by atoms with van der Waals surface area (Å²) in [7, 11) is 0. The number of amides is 1. The highest BCUT2D eigenvalue weighted by atomic mass is 16.5. The van der Waals surface area contributed by atoms with Crippen molar-refractivity contribution in [3.8, 4) is 5.75 Å². The van der Waals surface area contributed by atoms with E-state index in [0.717, 1.165) is 24.2 Å². The van der Waals surface area contributed by atoms with Gasteiger partial charge in [0.15, 0.2) is 6.10 Å². The zero-order valence-electron chi connectivity index (χ0n) is 14.5. The Balaban J connectivity index is 1.97. The largest absolute Gasteiger partial charge is 0.481 e. The van der Waals surface area contributed by atoms with Gasteiger partial charge in [0.1, 0.15) is 11.5 Å². The van der Waals surface area contributed by atoms with E-state index in [1.807, 2.05) is 29.2 Å². The number of carbonyl (C=O) groups excluding carboxylic acids is 2. The normalized spacial score (nSPS) is 17.2. The van der Waals surface area contributed by atoms with Crippen LogP contribution in [0.25, 0.3) is 0 Å². The van der Waals surface area contributed by atoms with E-state index < -0.39 is 6.10 Å². The van der Waals surface area contributed by atoms with Gasteiger partial charge in [0.05, 0.1) is 0 Å². The maximum atomic E-state index is 12.6. The van der Waals surface area contributed by atoms with Gasteiger partial charge in [-0.3, -0.25) is 9.59 Å². The van der Waals surface area contributed by atoms with Crippen LogP contribution in [0, 0.1) is 5.92 Å². The van der Waals surface area contributed by atoms with Crippen LogP contribution in [0.3, 0.4) is 0 Å². The highest BCUT2D eigenvalue weighted by Crippen LogP contribution is 2.27. The molecule has 0 aliphatic carbocycles. The number of ketones is 1. The van der Waals surface area contributed by atoms with Crippen LogP contribution in [0.5, 0.6) is 5.75 Å². The van der Waals surface area contributed by atoms with Crippen molar-refractivity contribution in [3.63, 3.8) is 0 Å². The van der Waals surface area contributed by atoms with Crippen LogP contribution < -0.4 is 4.74 Å². The Morgan fingerprint density at radius 3 is 2.30 bits per heavy atom. The Labute approximate surface area is 138 Å². The molecule has 23 heavy (non-hydrogen) atoms. The van der Waals surface area contributed by atoms with Crippen LogP contribution in [-0.4, -0.2) is 35.8 Å². The van der Waals surface area contributed by atoms with Crippen molar-refractivity contribution in [3.05, 3.63) is 29.8 Å². The van der Waals surface area contributed by atoms with Gasteiger partial charge in [-0.25, -0.2) is 0 Å². The van der Waals surface area contributed by atoms with Gasteiger partial charge < -0.3 is 9.64 Å². The quantitative estimate of drug-likeness (QED) is 0.836. The van der Waals surface area contributed by atoms with E-state index in [-0.39, 0.29) is 17.6 Å². The summed E-state index contributed by atoms with van der Waals surface area (Å²) in [5, 5.41) is 0.